The van der Waals surface area contributed by atoms with Crippen LogP contribution in [0.3, 0.4) is 0 Å². The van der Waals surface area contributed by atoms with E-state index >= 15 is 0 Å². The van der Waals surface area contributed by atoms with Gasteiger partial charge in [-0.05, 0) is 24.8 Å². The Kier molecular flexibility index (Phi) is 5.77. The molecule has 0 aromatic carbocycles. The van der Waals surface area contributed by atoms with Crippen molar-refractivity contribution in [2.75, 3.05) is 20.3 Å². The van der Waals surface area contributed by atoms with Crippen LogP contribution in [0.1, 0.15) is 32.6 Å². The van der Waals surface area contributed by atoms with Gasteiger partial charge in [-0.25, -0.2) is 0 Å². The SMILES string of the molecule is COCC(NCC1CCCCC1C)C(=O)O. The predicted molar refractivity (Wildman–Crippen MR) is 62.4 cm³/mol. The van der Waals surface area contributed by atoms with Crippen molar-refractivity contribution in [3.8, 4) is 0 Å². The quantitative estimate of drug-likeness (QED) is 0.724. The van der Waals surface area contributed by atoms with Crippen LogP contribution in [0.25, 0.3) is 0 Å². The van der Waals surface area contributed by atoms with Crippen molar-refractivity contribution in [1.82, 2.24) is 5.32 Å². The van der Waals surface area contributed by atoms with Crippen LogP contribution in [-0.2, 0) is 9.53 Å². The van der Waals surface area contributed by atoms with E-state index in [1.165, 1.54) is 32.8 Å². The number of methoxy groups -OCH3 is 1. The molecule has 0 spiro atoms. The van der Waals surface area contributed by atoms with Gasteiger partial charge in [-0.1, -0.05) is 26.2 Å². The summed E-state index contributed by atoms with van der Waals surface area (Å²) >= 11 is 0. The van der Waals surface area contributed by atoms with Crippen LogP contribution >= 0.6 is 0 Å². The van der Waals surface area contributed by atoms with Crippen molar-refractivity contribution in [3.63, 3.8) is 0 Å². The molecule has 4 heteroatoms. The first kappa shape index (κ1) is 13.5. The second kappa shape index (κ2) is 6.86. The lowest BCUT2D eigenvalue weighted by Gasteiger charge is -2.29. The van der Waals surface area contributed by atoms with Crippen LogP contribution in [0.2, 0.25) is 0 Å². The highest BCUT2D eigenvalue weighted by molar-refractivity contribution is 5.73. The molecule has 94 valence electrons. The number of carbonyl (C=O) groups is 1. The normalized spacial score (nSPS) is 27.6. The molecule has 2 N–H and O–H groups in total. The largest absolute Gasteiger partial charge is 0.480 e. The van der Waals surface area contributed by atoms with Crippen LogP contribution in [0.5, 0.6) is 0 Å². The van der Waals surface area contributed by atoms with E-state index in [-0.39, 0.29) is 6.61 Å². The third-order valence-corrected chi connectivity index (χ3v) is 3.55. The highest BCUT2D eigenvalue weighted by atomic mass is 16.5. The van der Waals surface area contributed by atoms with E-state index in [1.54, 1.807) is 0 Å². The molecule has 0 aromatic heterocycles. The fourth-order valence-corrected chi connectivity index (χ4v) is 2.37. The number of carboxylic acid groups (broad SMARTS) is 1. The number of rotatable bonds is 6. The van der Waals surface area contributed by atoms with E-state index in [0.29, 0.717) is 11.8 Å². The zero-order valence-corrected chi connectivity index (χ0v) is 10.2. The summed E-state index contributed by atoms with van der Waals surface area (Å²) in [6, 6.07) is -0.570. The molecule has 0 bridgehead atoms. The molecule has 0 radical (unpaired) electrons. The zero-order chi connectivity index (χ0) is 12.0. The van der Waals surface area contributed by atoms with Crippen molar-refractivity contribution in [3.05, 3.63) is 0 Å². The second-order valence-corrected chi connectivity index (χ2v) is 4.78. The lowest BCUT2D eigenvalue weighted by molar-refractivity contribution is -0.140. The molecule has 1 fully saturated rings. The van der Waals surface area contributed by atoms with Crippen molar-refractivity contribution in [2.24, 2.45) is 11.8 Å². The summed E-state index contributed by atoms with van der Waals surface area (Å²) in [5, 5.41) is 12.1. The molecular formula is C12H23NO3. The van der Waals surface area contributed by atoms with Gasteiger partial charge < -0.3 is 15.2 Å². The van der Waals surface area contributed by atoms with Crippen molar-refractivity contribution in [1.29, 1.82) is 0 Å². The van der Waals surface area contributed by atoms with E-state index < -0.39 is 12.0 Å². The number of nitrogens with one attached hydrogen (secondary N) is 1. The van der Waals surface area contributed by atoms with Gasteiger partial charge in [-0.15, -0.1) is 0 Å². The minimum absolute atomic E-state index is 0.233. The van der Waals surface area contributed by atoms with Crippen LogP contribution in [-0.4, -0.2) is 37.4 Å². The van der Waals surface area contributed by atoms with Gasteiger partial charge in [0.05, 0.1) is 6.61 Å². The maximum absolute atomic E-state index is 10.9. The minimum atomic E-state index is -0.828. The average molecular weight is 229 g/mol. The summed E-state index contributed by atoms with van der Waals surface area (Å²) in [5.74, 6) is 0.496. The molecule has 1 aliphatic rings. The molecule has 3 atom stereocenters. The Hall–Kier alpha value is -0.610. The Morgan fingerprint density at radius 1 is 1.50 bits per heavy atom. The molecule has 3 unspecified atom stereocenters. The minimum Gasteiger partial charge on any atom is -0.480 e. The summed E-state index contributed by atoms with van der Waals surface area (Å²) in [6.07, 6.45) is 5.08. The lowest BCUT2D eigenvalue weighted by atomic mass is 9.80. The Bertz CT molecular complexity index is 220. The maximum atomic E-state index is 10.9. The fourth-order valence-electron chi connectivity index (χ4n) is 2.37. The predicted octanol–water partition coefficient (Wildman–Crippen LogP) is 1.50. The Morgan fingerprint density at radius 2 is 2.19 bits per heavy atom. The third kappa shape index (κ3) is 4.10. The summed E-state index contributed by atoms with van der Waals surface area (Å²) in [5.41, 5.74) is 0. The third-order valence-electron chi connectivity index (χ3n) is 3.55. The molecule has 1 rings (SSSR count). The summed E-state index contributed by atoms with van der Waals surface area (Å²) < 4.78 is 4.89. The van der Waals surface area contributed by atoms with Gasteiger partial charge in [0.2, 0.25) is 0 Å². The molecule has 0 heterocycles. The van der Waals surface area contributed by atoms with Gasteiger partial charge in [0.15, 0.2) is 0 Å². The first-order chi connectivity index (χ1) is 7.65. The summed E-state index contributed by atoms with van der Waals surface area (Å²) in [4.78, 5) is 10.9. The number of carboxylic acids is 1. The van der Waals surface area contributed by atoms with E-state index in [0.717, 1.165) is 6.54 Å². The molecule has 0 aliphatic heterocycles. The Morgan fingerprint density at radius 3 is 2.75 bits per heavy atom. The lowest BCUT2D eigenvalue weighted by Crippen LogP contribution is -2.43. The first-order valence-corrected chi connectivity index (χ1v) is 6.10. The van der Waals surface area contributed by atoms with Gasteiger partial charge in [-0.2, -0.15) is 0 Å². The molecule has 0 aromatic rings. The van der Waals surface area contributed by atoms with Crippen molar-refractivity contribution < 1.29 is 14.6 Å². The second-order valence-electron chi connectivity index (χ2n) is 4.78. The number of hydrogen-bond acceptors (Lipinski definition) is 3. The molecule has 1 aliphatic carbocycles. The van der Waals surface area contributed by atoms with E-state index in [4.69, 9.17) is 9.84 Å². The number of ether oxygens (including phenoxy) is 1. The van der Waals surface area contributed by atoms with Gasteiger partial charge in [0.25, 0.3) is 0 Å². The van der Waals surface area contributed by atoms with E-state index in [2.05, 4.69) is 12.2 Å². The molecular weight excluding hydrogens is 206 g/mol. The Labute approximate surface area is 97.4 Å². The molecule has 1 saturated carbocycles. The van der Waals surface area contributed by atoms with Crippen LogP contribution < -0.4 is 5.32 Å². The summed E-state index contributed by atoms with van der Waals surface area (Å²) in [6.45, 7) is 3.29. The standard InChI is InChI=1S/C12H23NO3/c1-9-5-3-4-6-10(9)7-13-11(8-16-2)12(14)15/h9-11,13H,3-8H2,1-2H3,(H,14,15). The molecule has 4 nitrogen and oxygen atoms in total. The highest BCUT2D eigenvalue weighted by Crippen LogP contribution is 2.28. The maximum Gasteiger partial charge on any atom is 0.323 e. The molecule has 0 saturated heterocycles. The van der Waals surface area contributed by atoms with Crippen molar-refractivity contribution in [2.45, 2.75) is 38.6 Å². The molecule has 0 amide bonds. The topological polar surface area (TPSA) is 58.6 Å². The van der Waals surface area contributed by atoms with Crippen LogP contribution in [0.15, 0.2) is 0 Å². The monoisotopic (exact) mass is 229 g/mol. The smallest absolute Gasteiger partial charge is 0.323 e. The zero-order valence-electron chi connectivity index (χ0n) is 10.2. The Balaban J connectivity index is 2.32. The highest BCUT2D eigenvalue weighted by Gasteiger charge is 2.23. The first-order valence-electron chi connectivity index (χ1n) is 6.10. The van der Waals surface area contributed by atoms with E-state index in [9.17, 15) is 4.79 Å². The molecule has 16 heavy (non-hydrogen) atoms. The van der Waals surface area contributed by atoms with Gasteiger partial charge in [-0.3, -0.25) is 4.79 Å². The summed E-state index contributed by atoms with van der Waals surface area (Å²) in [7, 11) is 1.53. The van der Waals surface area contributed by atoms with Gasteiger partial charge in [0.1, 0.15) is 6.04 Å². The van der Waals surface area contributed by atoms with Crippen LogP contribution in [0, 0.1) is 11.8 Å². The fraction of sp³-hybridized carbons (Fsp3) is 0.917. The average Bonchev–Trinajstić information content (AvgIpc) is 2.26. The van der Waals surface area contributed by atoms with Crippen LogP contribution in [0.4, 0.5) is 0 Å². The van der Waals surface area contributed by atoms with E-state index in [1.807, 2.05) is 0 Å². The van der Waals surface area contributed by atoms with Gasteiger partial charge in [0, 0.05) is 7.11 Å². The van der Waals surface area contributed by atoms with Crippen molar-refractivity contribution >= 4 is 5.97 Å². The van der Waals surface area contributed by atoms with Gasteiger partial charge >= 0.3 is 5.97 Å². The number of hydrogen-bond donors (Lipinski definition) is 2. The number of aliphatic carboxylic acids is 1.